The molecule has 1 aromatic heterocycles. The summed E-state index contributed by atoms with van der Waals surface area (Å²) < 4.78 is 23.5. The number of hydrogen-bond acceptors (Lipinski definition) is 5. The topological polar surface area (TPSA) is 70.6 Å². The van der Waals surface area contributed by atoms with Gasteiger partial charge in [0.15, 0.2) is 9.84 Å². The summed E-state index contributed by atoms with van der Waals surface area (Å²) in [6, 6.07) is 12.8. The van der Waals surface area contributed by atoms with Crippen molar-refractivity contribution in [1.82, 2.24) is 4.98 Å². The molecule has 0 spiro atoms. The number of sulfone groups is 1. The molecule has 1 aliphatic heterocycles. The summed E-state index contributed by atoms with van der Waals surface area (Å²) in [7, 11) is -1.14. The van der Waals surface area contributed by atoms with E-state index in [1.165, 1.54) is 0 Å². The fourth-order valence-corrected chi connectivity index (χ4v) is 4.99. The van der Waals surface area contributed by atoms with Gasteiger partial charge in [0.05, 0.1) is 11.5 Å². The Kier molecular flexibility index (Phi) is 5.27. The SMILES string of the molecule is CCN(C(=O)c1ccnc(N(C)C2CCS(=O)(=O)C2)c1)c1ccccc1. The molecule has 26 heavy (non-hydrogen) atoms. The van der Waals surface area contributed by atoms with Gasteiger partial charge in [-0.25, -0.2) is 13.4 Å². The van der Waals surface area contributed by atoms with Gasteiger partial charge in [-0.1, -0.05) is 18.2 Å². The molecule has 1 atom stereocenters. The van der Waals surface area contributed by atoms with Crippen LogP contribution >= 0.6 is 0 Å². The van der Waals surface area contributed by atoms with Gasteiger partial charge in [0.1, 0.15) is 5.82 Å². The van der Waals surface area contributed by atoms with Crippen molar-refractivity contribution in [3.8, 4) is 0 Å². The van der Waals surface area contributed by atoms with Gasteiger partial charge < -0.3 is 9.80 Å². The first-order valence-corrected chi connectivity index (χ1v) is 10.5. The maximum Gasteiger partial charge on any atom is 0.258 e. The normalized spacial score (nSPS) is 18.5. The standard InChI is InChI=1S/C19H23N3O3S/c1-3-22(16-7-5-4-6-8-16)19(23)15-9-11-20-18(13-15)21(2)17-10-12-26(24,25)14-17/h4-9,11,13,17H,3,10,12,14H2,1-2H3. The van der Waals surface area contributed by atoms with Crippen LogP contribution < -0.4 is 9.80 Å². The van der Waals surface area contributed by atoms with Gasteiger partial charge in [-0.05, 0) is 37.6 Å². The zero-order valence-electron chi connectivity index (χ0n) is 15.0. The lowest BCUT2D eigenvalue weighted by atomic mass is 10.2. The fourth-order valence-electron chi connectivity index (χ4n) is 3.22. The molecule has 1 aliphatic rings. The van der Waals surface area contributed by atoms with Crippen LogP contribution in [0.15, 0.2) is 48.7 Å². The molecule has 1 unspecified atom stereocenters. The van der Waals surface area contributed by atoms with E-state index in [0.29, 0.717) is 24.3 Å². The minimum atomic E-state index is -2.97. The van der Waals surface area contributed by atoms with Gasteiger partial charge >= 0.3 is 0 Å². The number of anilines is 2. The molecule has 1 fully saturated rings. The molecule has 0 bridgehead atoms. The summed E-state index contributed by atoms with van der Waals surface area (Å²) in [5.74, 6) is 0.851. The van der Waals surface area contributed by atoms with Crippen molar-refractivity contribution < 1.29 is 13.2 Å². The van der Waals surface area contributed by atoms with Gasteiger partial charge in [-0.3, -0.25) is 4.79 Å². The molecular formula is C19H23N3O3S. The van der Waals surface area contributed by atoms with E-state index in [0.717, 1.165) is 5.69 Å². The van der Waals surface area contributed by atoms with Crippen molar-refractivity contribution in [3.05, 3.63) is 54.2 Å². The summed E-state index contributed by atoms with van der Waals surface area (Å²) in [6.45, 7) is 2.49. The predicted molar refractivity (Wildman–Crippen MR) is 103 cm³/mol. The maximum atomic E-state index is 13.0. The lowest BCUT2D eigenvalue weighted by Gasteiger charge is -2.25. The zero-order chi connectivity index (χ0) is 18.7. The first-order valence-electron chi connectivity index (χ1n) is 8.67. The summed E-state index contributed by atoms with van der Waals surface area (Å²) in [5.41, 5.74) is 1.38. The number of pyridine rings is 1. The van der Waals surface area contributed by atoms with E-state index in [-0.39, 0.29) is 23.5 Å². The summed E-state index contributed by atoms with van der Waals surface area (Å²) in [4.78, 5) is 20.9. The van der Waals surface area contributed by atoms with Crippen molar-refractivity contribution in [2.45, 2.75) is 19.4 Å². The second-order valence-electron chi connectivity index (χ2n) is 6.46. The third-order valence-corrected chi connectivity index (χ3v) is 6.49. The van der Waals surface area contributed by atoms with Crippen molar-refractivity contribution >= 4 is 27.2 Å². The first-order chi connectivity index (χ1) is 12.4. The zero-order valence-corrected chi connectivity index (χ0v) is 15.8. The molecular weight excluding hydrogens is 350 g/mol. The predicted octanol–water partition coefficient (Wildman–Crippen LogP) is 2.37. The largest absolute Gasteiger partial charge is 0.356 e. The molecule has 7 heteroatoms. The molecule has 1 saturated heterocycles. The van der Waals surface area contributed by atoms with Crippen LogP contribution in [0.25, 0.3) is 0 Å². The van der Waals surface area contributed by atoms with Gasteiger partial charge in [-0.2, -0.15) is 0 Å². The Bertz CT molecular complexity index is 884. The van der Waals surface area contributed by atoms with Crippen LogP contribution in [-0.4, -0.2) is 50.4 Å². The number of amides is 1. The lowest BCUT2D eigenvalue weighted by molar-refractivity contribution is 0.0988. The minimum Gasteiger partial charge on any atom is -0.356 e. The highest BCUT2D eigenvalue weighted by atomic mass is 32.2. The number of carbonyl (C=O) groups is 1. The van der Waals surface area contributed by atoms with E-state index in [9.17, 15) is 13.2 Å². The molecule has 1 aromatic carbocycles. The molecule has 0 saturated carbocycles. The van der Waals surface area contributed by atoms with Crippen LogP contribution in [0.4, 0.5) is 11.5 Å². The second kappa shape index (κ2) is 7.45. The molecule has 0 aliphatic carbocycles. The molecule has 1 amide bonds. The average Bonchev–Trinajstić information content (AvgIpc) is 3.02. The van der Waals surface area contributed by atoms with E-state index in [1.54, 1.807) is 23.2 Å². The smallest absolute Gasteiger partial charge is 0.258 e. The Morgan fingerprint density at radius 3 is 2.58 bits per heavy atom. The number of hydrogen-bond donors (Lipinski definition) is 0. The Balaban J connectivity index is 1.83. The Morgan fingerprint density at radius 1 is 1.23 bits per heavy atom. The van der Waals surface area contributed by atoms with Crippen LogP contribution in [0, 0.1) is 0 Å². The van der Waals surface area contributed by atoms with Crippen molar-refractivity contribution in [1.29, 1.82) is 0 Å². The molecule has 2 aromatic rings. The molecule has 0 radical (unpaired) electrons. The average molecular weight is 373 g/mol. The van der Waals surface area contributed by atoms with Crippen molar-refractivity contribution in [2.24, 2.45) is 0 Å². The summed E-state index contributed by atoms with van der Waals surface area (Å²) >= 11 is 0. The number of carbonyl (C=O) groups excluding carboxylic acids is 1. The van der Waals surface area contributed by atoms with Crippen LogP contribution in [-0.2, 0) is 9.84 Å². The first kappa shape index (κ1) is 18.4. The lowest BCUT2D eigenvalue weighted by Crippen LogP contribution is -2.34. The highest BCUT2D eigenvalue weighted by Gasteiger charge is 2.31. The number of nitrogens with zero attached hydrogens (tertiary/aromatic N) is 3. The minimum absolute atomic E-state index is 0.102. The quantitative estimate of drug-likeness (QED) is 0.805. The Labute approximate surface area is 154 Å². The monoisotopic (exact) mass is 373 g/mol. The molecule has 0 N–H and O–H groups in total. The third kappa shape index (κ3) is 3.88. The van der Waals surface area contributed by atoms with Gasteiger partial charge in [0, 0.05) is 37.1 Å². The maximum absolute atomic E-state index is 13.0. The van der Waals surface area contributed by atoms with E-state index < -0.39 is 9.84 Å². The van der Waals surface area contributed by atoms with Crippen molar-refractivity contribution in [2.75, 3.05) is 34.9 Å². The highest BCUT2D eigenvalue weighted by molar-refractivity contribution is 7.91. The van der Waals surface area contributed by atoms with Crippen molar-refractivity contribution in [3.63, 3.8) is 0 Å². The number of rotatable bonds is 5. The number of aromatic nitrogens is 1. The van der Waals surface area contributed by atoms with E-state index in [2.05, 4.69) is 4.98 Å². The van der Waals surface area contributed by atoms with Gasteiger partial charge in [-0.15, -0.1) is 0 Å². The summed E-state index contributed by atoms with van der Waals surface area (Å²) in [5, 5.41) is 0. The number of benzene rings is 1. The summed E-state index contributed by atoms with van der Waals surface area (Å²) in [6.07, 6.45) is 2.19. The van der Waals surface area contributed by atoms with Crippen LogP contribution in [0.3, 0.4) is 0 Å². The third-order valence-electron chi connectivity index (χ3n) is 4.74. The Hall–Kier alpha value is -2.41. The Morgan fingerprint density at radius 2 is 1.96 bits per heavy atom. The fraction of sp³-hybridized carbons (Fsp3) is 0.368. The van der Waals surface area contributed by atoms with E-state index >= 15 is 0 Å². The molecule has 2 heterocycles. The van der Waals surface area contributed by atoms with E-state index in [4.69, 9.17) is 0 Å². The van der Waals surface area contributed by atoms with Crippen LogP contribution in [0.1, 0.15) is 23.7 Å². The molecule has 138 valence electrons. The highest BCUT2D eigenvalue weighted by Crippen LogP contribution is 2.23. The number of para-hydroxylation sites is 1. The molecule has 6 nitrogen and oxygen atoms in total. The van der Waals surface area contributed by atoms with Gasteiger partial charge in [0.2, 0.25) is 0 Å². The molecule has 3 rings (SSSR count). The van der Waals surface area contributed by atoms with E-state index in [1.807, 2.05) is 49.2 Å². The van der Waals surface area contributed by atoms with Crippen LogP contribution in [0.5, 0.6) is 0 Å². The second-order valence-corrected chi connectivity index (χ2v) is 8.68. The van der Waals surface area contributed by atoms with Crippen LogP contribution in [0.2, 0.25) is 0 Å². The van der Waals surface area contributed by atoms with Gasteiger partial charge in [0.25, 0.3) is 5.91 Å².